The molecule has 5 rings (SSSR count). The molecule has 2 aromatic carbocycles. The standard InChI is InChI=1S/C24H23N3O3/c1-15(28)27-13-17-12-26(14-21(17)22(27)16-7-3-2-4-8-16)24(30)20-11-25-23(29)19-10-6-5-9-18(19)20/h2-11,17,21-22H,12-14H2,1H3,(H,25,29)/t17-,21-,22-/m1/s1. The second kappa shape index (κ2) is 7.13. The first-order chi connectivity index (χ1) is 14.5. The normalized spacial score (nSPS) is 23.0. The van der Waals surface area contributed by atoms with Crippen LogP contribution in [0.3, 0.4) is 0 Å². The Hall–Kier alpha value is -3.41. The summed E-state index contributed by atoms with van der Waals surface area (Å²) in [6.07, 6.45) is 1.53. The average molecular weight is 401 g/mol. The van der Waals surface area contributed by atoms with Gasteiger partial charge in [0.15, 0.2) is 0 Å². The maximum atomic E-state index is 13.4. The molecule has 3 atom stereocenters. The number of aromatic amines is 1. The molecule has 3 heterocycles. The van der Waals surface area contributed by atoms with Crippen molar-refractivity contribution in [1.82, 2.24) is 14.8 Å². The summed E-state index contributed by atoms with van der Waals surface area (Å²) in [5, 5.41) is 1.20. The number of fused-ring (bicyclic) bond motifs is 2. The summed E-state index contributed by atoms with van der Waals surface area (Å²) in [6, 6.07) is 17.3. The number of hydrogen-bond acceptors (Lipinski definition) is 3. The van der Waals surface area contributed by atoms with Crippen LogP contribution in [0.15, 0.2) is 65.6 Å². The third-order valence-corrected chi connectivity index (χ3v) is 6.54. The van der Waals surface area contributed by atoms with Crippen molar-refractivity contribution in [2.24, 2.45) is 11.8 Å². The SMILES string of the molecule is CC(=O)N1C[C@H]2CN(C(=O)c3c[nH]c(=O)c4ccccc34)C[C@H]2[C@H]1c1ccccc1. The van der Waals surface area contributed by atoms with Gasteiger partial charge in [-0.05, 0) is 11.6 Å². The van der Waals surface area contributed by atoms with Crippen molar-refractivity contribution in [3.8, 4) is 0 Å². The van der Waals surface area contributed by atoms with Gasteiger partial charge in [-0.1, -0.05) is 48.5 Å². The van der Waals surface area contributed by atoms with E-state index in [1.165, 1.54) is 6.20 Å². The van der Waals surface area contributed by atoms with Gasteiger partial charge in [0.25, 0.3) is 11.5 Å². The van der Waals surface area contributed by atoms with Gasteiger partial charge in [-0.15, -0.1) is 0 Å². The highest BCUT2D eigenvalue weighted by Gasteiger charge is 2.49. The number of nitrogens with zero attached hydrogens (tertiary/aromatic N) is 2. The molecule has 30 heavy (non-hydrogen) atoms. The van der Waals surface area contributed by atoms with E-state index in [0.29, 0.717) is 36.0 Å². The first kappa shape index (κ1) is 18.6. The molecule has 6 nitrogen and oxygen atoms in total. The van der Waals surface area contributed by atoms with Crippen LogP contribution in [0.5, 0.6) is 0 Å². The molecule has 2 aliphatic heterocycles. The quantitative estimate of drug-likeness (QED) is 0.718. The number of aromatic nitrogens is 1. The lowest BCUT2D eigenvalue weighted by Crippen LogP contribution is -2.36. The first-order valence-corrected chi connectivity index (χ1v) is 10.3. The van der Waals surface area contributed by atoms with Gasteiger partial charge in [0.2, 0.25) is 5.91 Å². The third kappa shape index (κ3) is 2.91. The maximum Gasteiger partial charge on any atom is 0.255 e. The summed E-state index contributed by atoms with van der Waals surface area (Å²) in [4.78, 5) is 44.3. The number of pyridine rings is 1. The second-order valence-electron chi connectivity index (χ2n) is 8.24. The van der Waals surface area contributed by atoms with E-state index in [9.17, 15) is 14.4 Å². The minimum Gasteiger partial charge on any atom is -0.338 e. The summed E-state index contributed by atoms with van der Waals surface area (Å²) in [7, 11) is 0. The summed E-state index contributed by atoms with van der Waals surface area (Å²) in [5.74, 6) is 0.451. The fourth-order valence-corrected chi connectivity index (χ4v) is 5.17. The Balaban J connectivity index is 1.46. The van der Waals surface area contributed by atoms with Crippen LogP contribution in [0.2, 0.25) is 0 Å². The van der Waals surface area contributed by atoms with Crippen molar-refractivity contribution in [1.29, 1.82) is 0 Å². The fraction of sp³-hybridized carbons (Fsp3) is 0.292. The lowest BCUT2D eigenvalue weighted by Gasteiger charge is -2.29. The van der Waals surface area contributed by atoms with Gasteiger partial charge >= 0.3 is 0 Å². The van der Waals surface area contributed by atoms with Crippen molar-refractivity contribution in [2.45, 2.75) is 13.0 Å². The summed E-state index contributed by atoms with van der Waals surface area (Å²) >= 11 is 0. The lowest BCUT2D eigenvalue weighted by atomic mass is 9.89. The first-order valence-electron chi connectivity index (χ1n) is 10.3. The molecule has 152 valence electrons. The van der Waals surface area contributed by atoms with Crippen LogP contribution in [-0.4, -0.2) is 46.2 Å². The minimum absolute atomic E-state index is 0.0150. The van der Waals surface area contributed by atoms with Crippen molar-refractivity contribution < 1.29 is 9.59 Å². The van der Waals surface area contributed by atoms with E-state index in [4.69, 9.17) is 0 Å². The fourth-order valence-electron chi connectivity index (χ4n) is 5.17. The van der Waals surface area contributed by atoms with Crippen LogP contribution in [0, 0.1) is 11.8 Å². The van der Waals surface area contributed by atoms with E-state index in [1.807, 2.05) is 40.1 Å². The highest BCUT2D eigenvalue weighted by atomic mass is 16.2. The number of hydrogen-bond donors (Lipinski definition) is 1. The van der Waals surface area contributed by atoms with Gasteiger partial charge in [0.05, 0.1) is 11.6 Å². The molecular formula is C24H23N3O3. The van der Waals surface area contributed by atoms with Crippen molar-refractivity contribution in [3.05, 3.63) is 82.3 Å². The molecule has 3 aromatic rings. The van der Waals surface area contributed by atoms with Crippen molar-refractivity contribution in [3.63, 3.8) is 0 Å². The number of nitrogens with one attached hydrogen (secondary N) is 1. The Kier molecular flexibility index (Phi) is 4.42. The van der Waals surface area contributed by atoms with Gasteiger partial charge in [-0.3, -0.25) is 14.4 Å². The number of amides is 2. The molecule has 2 saturated heterocycles. The highest BCUT2D eigenvalue weighted by Crippen LogP contribution is 2.45. The molecule has 1 aromatic heterocycles. The van der Waals surface area contributed by atoms with E-state index < -0.39 is 0 Å². The molecule has 0 radical (unpaired) electrons. The molecule has 1 N–H and O–H groups in total. The molecular weight excluding hydrogens is 378 g/mol. The van der Waals surface area contributed by atoms with Gasteiger partial charge < -0.3 is 14.8 Å². The Morgan fingerprint density at radius 2 is 1.63 bits per heavy atom. The topological polar surface area (TPSA) is 73.5 Å². The van der Waals surface area contributed by atoms with E-state index in [1.54, 1.807) is 19.1 Å². The minimum atomic E-state index is -0.193. The van der Waals surface area contributed by atoms with E-state index in [2.05, 4.69) is 17.1 Å². The number of likely N-dealkylation sites (tertiary alicyclic amines) is 2. The van der Waals surface area contributed by atoms with Gasteiger partial charge in [0, 0.05) is 55.4 Å². The Morgan fingerprint density at radius 3 is 2.37 bits per heavy atom. The van der Waals surface area contributed by atoms with Gasteiger partial charge in [-0.2, -0.15) is 0 Å². The van der Waals surface area contributed by atoms with Crippen LogP contribution in [0.1, 0.15) is 28.9 Å². The Labute approximate surface area is 174 Å². The summed E-state index contributed by atoms with van der Waals surface area (Å²) < 4.78 is 0. The molecule has 0 bridgehead atoms. The molecule has 6 heteroatoms. The van der Waals surface area contributed by atoms with Crippen LogP contribution in [0.4, 0.5) is 0 Å². The molecule has 0 unspecified atom stereocenters. The monoisotopic (exact) mass is 401 g/mol. The average Bonchev–Trinajstić information content (AvgIpc) is 3.33. The smallest absolute Gasteiger partial charge is 0.255 e. The van der Waals surface area contributed by atoms with E-state index in [0.717, 1.165) is 5.56 Å². The van der Waals surface area contributed by atoms with Crippen LogP contribution in [0.25, 0.3) is 10.8 Å². The van der Waals surface area contributed by atoms with Crippen LogP contribution >= 0.6 is 0 Å². The predicted octanol–water partition coefficient (Wildman–Crippen LogP) is 2.82. The van der Waals surface area contributed by atoms with Crippen LogP contribution in [-0.2, 0) is 4.79 Å². The summed E-state index contributed by atoms with van der Waals surface area (Å²) in [5.41, 5.74) is 1.44. The van der Waals surface area contributed by atoms with Gasteiger partial charge in [0.1, 0.15) is 0 Å². The zero-order chi connectivity index (χ0) is 20.8. The zero-order valence-corrected chi connectivity index (χ0v) is 16.7. The highest BCUT2D eigenvalue weighted by molar-refractivity contribution is 6.06. The molecule has 2 fully saturated rings. The lowest BCUT2D eigenvalue weighted by molar-refractivity contribution is -0.130. The van der Waals surface area contributed by atoms with Gasteiger partial charge in [-0.25, -0.2) is 0 Å². The molecule has 0 spiro atoms. The van der Waals surface area contributed by atoms with E-state index >= 15 is 0 Å². The number of rotatable bonds is 2. The number of H-pyrrole nitrogens is 1. The molecule has 2 aliphatic rings. The van der Waals surface area contributed by atoms with Crippen molar-refractivity contribution >= 4 is 22.6 Å². The predicted molar refractivity (Wildman–Crippen MR) is 114 cm³/mol. The Morgan fingerprint density at radius 1 is 0.933 bits per heavy atom. The van der Waals surface area contributed by atoms with Crippen LogP contribution < -0.4 is 5.56 Å². The number of benzene rings is 2. The zero-order valence-electron chi connectivity index (χ0n) is 16.7. The number of carbonyl (C=O) groups is 2. The maximum absolute atomic E-state index is 13.4. The van der Waals surface area contributed by atoms with Crippen molar-refractivity contribution in [2.75, 3.05) is 19.6 Å². The third-order valence-electron chi connectivity index (χ3n) is 6.54. The second-order valence-corrected chi connectivity index (χ2v) is 8.24. The molecule has 0 saturated carbocycles. The summed E-state index contributed by atoms with van der Waals surface area (Å²) in [6.45, 7) is 3.49. The molecule has 2 amide bonds. The Bertz CT molecular complexity index is 1190. The number of carbonyl (C=O) groups excluding carboxylic acids is 2. The van der Waals surface area contributed by atoms with E-state index in [-0.39, 0.29) is 35.3 Å². The molecule has 0 aliphatic carbocycles. The largest absolute Gasteiger partial charge is 0.338 e.